The Morgan fingerprint density at radius 2 is 1.36 bits per heavy atom. The van der Waals surface area contributed by atoms with E-state index in [1.807, 2.05) is 13.8 Å². The van der Waals surface area contributed by atoms with E-state index >= 15 is 0 Å². The molecule has 0 aliphatic rings. The van der Waals surface area contributed by atoms with Crippen LogP contribution in [0.1, 0.15) is 40.5 Å². The quantitative estimate of drug-likeness (QED) is 0.462. The van der Waals surface area contributed by atoms with Gasteiger partial charge in [-0.15, -0.1) is 0 Å². The third kappa shape index (κ3) is 13.0. The maximum absolute atomic E-state index is 11.6. The summed E-state index contributed by atoms with van der Waals surface area (Å²) < 4.78 is 16.4. The van der Waals surface area contributed by atoms with Gasteiger partial charge in [-0.2, -0.15) is 0 Å². The van der Waals surface area contributed by atoms with Crippen molar-refractivity contribution < 1.29 is 19.0 Å². The van der Waals surface area contributed by atoms with Crippen LogP contribution in [0, 0.1) is 11.8 Å². The van der Waals surface area contributed by atoms with E-state index in [2.05, 4.69) is 13.8 Å². The Morgan fingerprint density at radius 3 is 1.86 bits per heavy atom. The Hall–Kier alpha value is -0.650. The molecule has 0 aliphatic carbocycles. The standard InChI is InChI=1S/C17H35NO4/c1-15(2)7-6-9-20-11-13-22-14-12-21-10-8-18(5)17(19)16(3)4/h15-16H,6-14H2,1-5H3. The number of amides is 1. The molecule has 0 saturated heterocycles. The number of nitrogens with zero attached hydrogens (tertiary/aromatic N) is 1. The van der Waals surface area contributed by atoms with Crippen LogP contribution in [0.4, 0.5) is 0 Å². The SMILES string of the molecule is CC(C)CCCOCCOCCOCCN(C)C(=O)C(C)C. The van der Waals surface area contributed by atoms with Gasteiger partial charge in [0.1, 0.15) is 0 Å². The van der Waals surface area contributed by atoms with Crippen molar-refractivity contribution in [3.63, 3.8) is 0 Å². The third-order valence-corrected chi connectivity index (χ3v) is 3.26. The van der Waals surface area contributed by atoms with Crippen molar-refractivity contribution in [2.24, 2.45) is 11.8 Å². The monoisotopic (exact) mass is 317 g/mol. The Morgan fingerprint density at radius 1 is 0.864 bits per heavy atom. The maximum atomic E-state index is 11.6. The van der Waals surface area contributed by atoms with Crippen molar-refractivity contribution in [2.45, 2.75) is 40.5 Å². The summed E-state index contributed by atoms with van der Waals surface area (Å²) in [6, 6.07) is 0. The lowest BCUT2D eigenvalue weighted by molar-refractivity contribution is -0.133. The van der Waals surface area contributed by atoms with E-state index in [1.165, 1.54) is 6.42 Å². The van der Waals surface area contributed by atoms with Crippen molar-refractivity contribution in [1.82, 2.24) is 4.90 Å². The van der Waals surface area contributed by atoms with Crippen molar-refractivity contribution >= 4 is 5.91 Å². The minimum absolute atomic E-state index is 0.0360. The van der Waals surface area contributed by atoms with Gasteiger partial charge < -0.3 is 19.1 Å². The summed E-state index contributed by atoms with van der Waals surface area (Å²) in [5, 5.41) is 0. The van der Waals surface area contributed by atoms with E-state index in [4.69, 9.17) is 14.2 Å². The Bertz CT molecular complexity index is 269. The number of hydrogen-bond acceptors (Lipinski definition) is 4. The zero-order chi connectivity index (χ0) is 16.8. The molecule has 0 atom stereocenters. The highest BCUT2D eigenvalue weighted by molar-refractivity contribution is 5.77. The molecule has 0 saturated carbocycles. The molecule has 0 spiro atoms. The minimum atomic E-state index is 0.0360. The summed E-state index contributed by atoms with van der Waals surface area (Å²) in [6.07, 6.45) is 2.33. The first-order chi connectivity index (χ1) is 10.4. The molecule has 0 aromatic rings. The predicted octanol–water partition coefficient (Wildman–Crippen LogP) is 2.59. The summed E-state index contributed by atoms with van der Waals surface area (Å²) in [7, 11) is 1.80. The number of likely N-dealkylation sites (N-methyl/N-ethyl adjacent to an activating group) is 1. The molecule has 0 fully saturated rings. The van der Waals surface area contributed by atoms with Crippen LogP contribution in [-0.2, 0) is 19.0 Å². The van der Waals surface area contributed by atoms with E-state index in [9.17, 15) is 4.79 Å². The molecule has 0 unspecified atom stereocenters. The van der Waals surface area contributed by atoms with Gasteiger partial charge in [-0.05, 0) is 18.8 Å². The fourth-order valence-corrected chi connectivity index (χ4v) is 1.89. The molecule has 0 heterocycles. The van der Waals surface area contributed by atoms with E-state index in [0.29, 0.717) is 39.6 Å². The van der Waals surface area contributed by atoms with Gasteiger partial charge in [0.15, 0.2) is 0 Å². The van der Waals surface area contributed by atoms with E-state index in [0.717, 1.165) is 18.9 Å². The highest BCUT2D eigenvalue weighted by Crippen LogP contribution is 2.02. The summed E-state index contributed by atoms with van der Waals surface area (Å²) >= 11 is 0. The van der Waals surface area contributed by atoms with Crippen LogP contribution in [0.3, 0.4) is 0 Å². The number of carbonyl (C=O) groups excluding carboxylic acids is 1. The molecule has 0 rings (SSSR count). The van der Waals surface area contributed by atoms with Crippen molar-refractivity contribution in [3.8, 4) is 0 Å². The maximum Gasteiger partial charge on any atom is 0.224 e. The average Bonchev–Trinajstić information content (AvgIpc) is 2.46. The number of ether oxygens (including phenoxy) is 3. The van der Waals surface area contributed by atoms with E-state index < -0.39 is 0 Å². The van der Waals surface area contributed by atoms with Crippen LogP contribution in [0.2, 0.25) is 0 Å². The van der Waals surface area contributed by atoms with Crippen LogP contribution >= 0.6 is 0 Å². The second-order valence-corrected chi connectivity index (χ2v) is 6.29. The highest BCUT2D eigenvalue weighted by atomic mass is 16.5. The van der Waals surface area contributed by atoms with Crippen molar-refractivity contribution in [1.29, 1.82) is 0 Å². The molecular weight excluding hydrogens is 282 g/mol. The molecule has 0 radical (unpaired) electrons. The topological polar surface area (TPSA) is 48.0 Å². The van der Waals surface area contributed by atoms with Gasteiger partial charge in [0.05, 0.1) is 33.0 Å². The molecule has 0 aliphatic heterocycles. The van der Waals surface area contributed by atoms with Crippen LogP contribution in [0.25, 0.3) is 0 Å². The molecular formula is C17H35NO4. The average molecular weight is 317 g/mol. The second kappa shape index (κ2) is 14.0. The summed E-state index contributed by atoms with van der Waals surface area (Å²) in [5.74, 6) is 0.926. The fourth-order valence-electron chi connectivity index (χ4n) is 1.89. The zero-order valence-electron chi connectivity index (χ0n) is 15.1. The van der Waals surface area contributed by atoms with Gasteiger partial charge in [-0.1, -0.05) is 27.7 Å². The van der Waals surface area contributed by atoms with Crippen LogP contribution in [0.15, 0.2) is 0 Å². The summed E-state index contributed by atoms with van der Waals surface area (Å²) in [5.41, 5.74) is 0. The van der Waals surface area contributed by atoms with Gasteiger partial charge >= 0.3 is 0 Å². The molecule has 22 heavy (non-hydrogen) atoms. The van der Waals surface area contributed by atoms with Crippen molar-refractivity contribution in [2.75, 3.05) is 53.2 Å². The highest BCUT2D eigenvalue weighted by Gasteiger charge is 2.11. The normalized spacial score (nSPS) is 11.4. The Balaban J connectivity index is 3.22. The molecule has 0 bridgehead atoms. The first-order valence-electron chi connectivity index (χ1n) is 8.43. The lowest BCUT2D eigenvalue weighted by Gasteiger charge is -2.19. The van der Waals surface area contributed by atoms with Gasteiger partial charge in [-0.3, -0.25) is 4.79 Å². The number of carbonyl (C=O) groups is 1. The summed E-state index contributed by atoms with van der Waals surface area (Å²) in [4.78, 5) is 13.3. The Labute approximate surface area is 136 Å². The zero-order valence-corrected chi connectivity index (χ0v) is 15.1. The Kier molecular flexibility index (Phi) is 13.6. The molecule has 0 N–H and O–H groups in total. The van der Waals surface area contributed by atoms with Gasteiger partial charge in [-0.25, -0.2) is 0 Å². The fraction of sp³-hybridized carbons (Fsp3) is 0.941. The smallest absolute Gasteiger partial charge is 0.224 e. The molecule has 5 nitrogen and oxygen atoms in total. The molecule has 1 amide bonds. The van der Waals surface area contributed by atoms with E-state index in [1.54, 1.807) is 11.9 Å². The van der Waals surface area contributed by atoms with Gasteiger partial charge in [0.2, 0.25) is 5.91 Å². The largest absolute Gasteiger partial charge is 0.379 e. The van der Waals surface area contributed by atoms with Gasteiger partial charge in [0.25, 0.3) is 0 Å². The lowest BCUT2D eigenvalue weighted by Crippen LogP contribution is -2.33. The molecule has 0 aromatic carbocycles. The molecule has 5 heteroatoms. The number of rotatable bonds is 14. The first kappa shape index (κ1) is 21.4. The summed E-state index contributed by atoms with van der Waals surface area (Å²) in [6.45, 7) is 12.6. The minimum Gasteiger partial charge on any atom is -0.379 e. The van der Waals surface area contributed by atoms with Crippen LogP contribution < -0.4 is 0 Å². The van der Waals surface area contributed by atoms with E-state index in [-0.39, 0.29) is 11.8 Å². The van der Waals surface area contributed by atoms with Crippen molar-refractivity contribution in [3.05, 3.63) is 0 Å². The third-order valence-electron chi connectivity index (χ3n) is 3.26. The lowest BCUT2D eigenvalue weighted by atomic mass is 10.1. The molecule has 132 valence electrons. The second-order valence-electron chi connectivity index (χ2n) is 6.29. The first-order valence-corrected chi connectivity index (χ1v) is 8.43. The van der Waals surface area contributed by atoms with Gasteiger partial charge in [0, 0.05) is 26.1 Å². The number of hydrogen-bond donors (Lipinski definition) is 0. The molecule has 0 aromatic heterocycles. The van der Waals surface area contributed by atoms with Crippen LogP contribution in [0.5, 0.6) is 0 Å². The van der Waals surface area contributed by atoms with Crippen LogP contribution in [-0.4, -0.2) is 64.0 Å². The predicted molar refractivity (Wildman–Crippen MR) is 89.0 cm³/mol.